The zero-order valence-electron chi connectivity index (χ0n) is 28.4. The Balaban J connectivity index is 0.000000265. The van der Waals surface area contributed by atoms with Crippen LogP contribution in [-0.4, -0.2) is 15.0 Å². The third-order valence-corrected chi connectivity index (χ3v) is 9.03. The first-order chi connectivity index (χ1) is 24.5. The van der Waals surface area contributed by atoms with Gasteiger partial charge in [-0.1, -0.05) is 77.7 Å². The van der Waals surface area contributed by atoms with Crippen molar-refractivity contribution >= 4 is 32.8 Å². The first-order valence-electron chi connectivity index (χ1n) is 16.7. The molecule has 4 nitrogen and oxygen atoms in total. The monoisotopic (exact) mass is 836 g/mol. The van der Waals surface area contributed by atoms with Crippen LogP contribution in [0.2, 0.25) is 0 Å². The molecule has 0 atom stereocenters. The number of rotatable bonds is 4. The van der Waals surface area contributed by atoms with Crippen LogP contribution in [0, 0.1) is 32.9 Å². The van der Waals surface area contributed by atoms with Gasteiger partial charge in [0.2, 0.25) is 5.71 Å². The van der Waals surface area contributed by atoms with Gasteiger partial charge in [0, 0.05) is 43.6 Å². The maximum absolute atomic E-state index is 6.24. The molecular formula is C46H33IrN3O-2. The van der Waals surface area contributed by atoms with E-state index in [0.717, 1.165) is 55.7 Å². The molecule has 0 amide bonds. The molecule has 0 bridgehead atoms. The van der Waals surface area contributed by atoms with Crippen molar-refractivity contribution in [2.45, 2.75) is 20.8 Å². The molecular weight excluding hydrogens is 803 g/mol. The fourth-order valence-corrected chi connectivity index (χ4v) is 6.44. The SMILES string of the molecule is Cc1ccc2c(n1)oc1c(-c3cc(-c4cc5ccc(-c6ccccc6)cc5cc4C)c(C)cn3)[c-]ccc12.[Ir].[c-]1ccccc1-c1ccccn1. The van der Waals surface area contributed by atoms with Crippen LogP contribution >= 0.6 is 0 Å². The summed E-state index contributed by atoms with van der Waals surface area (Å²) in [6.45, 7) is 6.28. The van der Waals surface area contributed by atoms with Crippen molar-refractivity contribution in [3.05, 3.63) is 175 Å². The molecule has 5 aromatic carbocycles. The minimum Gasteiger partial charge on any atom is -0.486 e. The van der Waals surface area contributed by atoms with Crippen LogP contribution in [0.4, 0.5) is 0 Å². The minimum absolute atomic E-state index is 0. The second-order valence-electron chi connectivity index (χ2n) is 12.5. The molecule has 9 aromatic rings. The van der Waals surface area contributed by atoms with Crippen molar-refractivity contribution in [3.63, 3.8) is 0 Å². The van der Waals surface area contributed by atoms with E-state index in [2.05, 4.69) is 109 Å². The van der Waals surface area contributed by atoms with Crippen LogP contribution in [0.3, 0.4) is 0 Å². The largest absolute Gasteiger partial charge is 0.486 e. The summed E-state index contributed by atoms with van der Waals surface area (Å²) in [6.07, 6.45) is 3.74. The fraction of sp³-hybridized carbons (Fsp3) is 0.0652. The van der Waals surface area contributed by atoms with E-state index >= 15 is 0 Å². The maximum Gasteiger partial charge on any atom is 0.216 e. The molecule has 0 spiro atoms. The van der Waals surface area contributed by atoms with Crippen LogP contribution in [0.25, 0.3) is 77.6 Å². The van der Waals surface area contributed by atoms with E-state index in [4.69, 9.17) is 9.40 Å². The third-order valence-electron chi connectivity index (χ3n) is 9.03. The van der Waals surface area contributed by atoms with E-state index in [1.807, 2.05) is 73.8 Å². The van der Waals surface area contributed by atoms with Crippen LogP contribution in [0.15, 0.2) is 150 Å². The number of aromatic nitrogens is 3. The van der Waals surface area contributed by atoms with Crippen molar-refractivity contribution in [2.24, 2.45) is 0 Å². The molecule has 5 heteroatoms. The minimum atomic E-state index is 0. The Hall–Kier alpha value is -5.74. The van der Waals surface area contributed by atoms with E-state index in [9.17, 15) is 0 Å². The van der Waals surface area contributed by atoms with Gasteiger partial charge in [-0.05, 0) is 107 Å². The number of fused-ring (bicyclic) bond motifs is 4. The standard InChI is InChI=1S/C35H25N2O.C11H8N.Ir/c1-21-16-27-17-25(24-8-5-4-6-9-24)13-14-26(27)18-31(21)32-19-33(36-20-22(32)2)30-11-7-10-28-29-15-12-23(3)37-35(29)38-34(28)30;1-2-6-10(7-3-1)11-8-4-5-9-12-11;/h4-10,12-20H,1-3H3;1-6,8-9H;/q2*-1;. The van der Waals surface area contributed by atoms with Gasteiger partial charge in [-0.25, -0.2) is 4.98 Å². The van der Waals surface area contributed by atoms with Crippen molar-refractivity contribution in [1.82, 2.24) is 15.0 Å². The first-order valence-corrected chi connectivity index (χ1v) is 16.7. The summed E-state index contributed by atoms with van der Waals surface area (Å²) < 4.78 is 6.24. The Kier molecular flexibility index (Phi) is 9.67. The van der Waals surface area contributed by atoms with Gasteiger partial charge in [0.05, 0.1) is 5.58 Å². The molecule has 0 aliphatic carbocycles. The Morgan fingerprint density at radius 2 is 1.39 bits per heavy atom. The van der Waals surface area contributed by atoms with Gasteiger partial charge >= 0.3 is 0 Å². The van der Waals surface area contributed by atoms with Gasteiger partial charge in [-0.15, -0.1) is 54.1 Å². The Morgan fingerprint density at radius 3 is 2.20 bits per heavy atom. The van der Waals surface area contributed by atoms with Gasteiger partial charge in [0.1, 0.15) is 0 Å². The van der Waals surface area contributed by atoms with Crippen molar-refractivity contribution in [3.8, 4) is 44.8 Å². The molecule has 1 radical (unpaired) electrons. The van der Waals surface area contributed by atoms with Crippen molar-refractivity contribution in [1.29, 1.82) is 0 Å². The number of hydrogen-bond donors (Lipinski definition) is 0. The maximum atomic E-state index is 6.24. The average molecular weight is 836 g/mol. The summed E-state index contributed by atoms with van der Waals surface area (Å²) in [5.41, 5.74) is 13.2. The van der Waals surface area contributed by atoms with E-state index in [-0.39, 0.29) is 20.1 Å². The molecule has 4 heterocycles. The molecule has 0 N–H and O–H groups in total. The second-order valence-corrected chi connectivity index (χ2v) is 12.5. The number of hydrogen-bond acceptors (Lipinski definition) is 4. The number of nitrogens with zero attached hydrogens (tertiary/aromatic N) is 3. The molecule has 0 aliphatic rings. The average Bonchev–Trinajstić information content (AvgIpc) is 3.54. The molecule has 4 aromatic heterocycles. The summed E-state index contributed by atoms with van der Waals surface area (Å²) >= 11 is 0. The summed E-state index contributed by atoms with van der Waals surface area (Å²) in [7, 11) is 0. The van der Waals surface area contributed by atoms with Gasteiger partial charge in [0.15, 0.2) is 0 Å². The Labute approximate surface area is 311 Å². The van der Waals surface area contributed by atoms with Crippen LogP contribution in [-0.2, 0) is 20.1 Å². The third kappa shape index (κ3) is 6.87. The van der Waals surface area contributed by atoms with E-state index in [1.54, 1.807) is 6.20 Å². The van der Waals surface area contributed by atoms with Gasteiger partial charge in [0.25, 0.3) is 0 Å². The summed E-state index contributed by atoms with van der Waals surface area (Å²) in [5, 5.41) is 4.49. The number of pyridine rings is 3. The molecule has 0 unspecified atom stereocenters. The summed E-state index contributed by atoms with van der Waals surface area (Å²) in [4.78, 5) is 13.6. The molecule has 0 aliphatic heterocycles. The van der Waals surface area contributed by atoms with Gasteiger partial charge in [-0.2, -0.15) is 0 Å². The van der Waals surface area contributed by atoms with Crippen molar-refractivity contribution < 1.29 is 24.5 Å². The topological polar surface area (TPSA) is 51.8 Å². The fourth-order valence-electron chi connectivity index (χ4n) is 6.44. The smallest absolute Gasteiger partial charge is 0.216 e. The normalized spacial score (nSPS) is 10.9. The molecule has 0 saturated heterocycles. The van der Waals surface area contributed by atoms with E-state index in [0.29, 0.717) is 5.71 Å². The molecule has 249 valence electrons. The predicted molar refractivity (Wildman–Crippen MR) is 205 cm³/mol. The molecule has 0 saturated carbocycles. The van der Waals surface area contributed by atoms with Crippen molar-refractivity contribution in [2.75, 3.05) is 0 Å². The summed E-state index contributed by atoms with van der Waals surface area (Å²) in [5.74, 6) is 0. The number of aryl methyl sites for hydroxylation is 3. The molecule has 9 rings (SSSR count). The second kappa shape index (κ2) is 14.6. The number of benzene rings is 5. The Bertz CT molecular complexity index is 2580. The quantitative estimate of drug-likeness (QED) is 0.166. The zero-order valence-corrected chi connectivity index (χ0v) is 30.8. The van der Waals surface area contributed by atoms with Gasteiger partial charge in [-0.3, -0.25) is 0 Å². The number of furan rings is 1. The first kappa shape index (κ1) is 33.7. The van der Waals surface area contributed by atoms with Crippen LogP contribution in [0.1, 0.15) is 16.8 Å². The van der Waals surface area contributed by atoms with Crippen LogP contribution < -0.4 is 0 Å². The molecule has 0 fully saturated rings. The Morgan fingerprint density at radius 1 is 0.569 bits per heavy atom. The summed E-state index contributed by atoms with van der Waals surface area (Å²) in [6, 6.07) is 52.2. The van der Waals surface area contributed by atoms with E-state index < -0.39 is 0 Å². The molecule has 51 heavy (non-hydrogen) atoms. The van der Waals surface area contributed by atoms with E-state index in [1.165, 1.54) is 33.0 Å². The van der Waals surface area contributed by atoms with Crippen LogP contribution in [0.5, 0.6) is 0 Å². The van der Waals surface area contributed by atoms with Gasteiger partial charge < -0.3 is 14.4 Å². The zero-order chi connectivity index (χ0) is 34.0. The predicted octanol–water partition coefficient (Wildman–Crippen LogP) is 11.8.